The lowest BCUT2D eigenvalue weighted by Crippen LogP contribution is -2.52. The average molecular weight is 289 g/mol. The van der Waals surface area contributed by atoms with Gasteiger partial charge in [-0.05, 0) is 31.7 Å². The third-order valence-electron chi connectivity index (χ3n) is 4.46. The molecule has 1 aliphatic rings. The Hall–Kier alpha value is -1.84. The minimum Gasteiger partial charge on any atom is -0.481 e. The maximum Gasteiger partial charge on any atom is 0.305 e. The predicted octanol–water partition coefficient (Wildman–Crippen LogP) is 2.79. The Kier molecular flexibility index (Phi) is 4.66. The predicted molar refractivity (Wildman–Crippen MR) is 81.2 cm³/mol. The molecule has 0 saturated heterocycles. The Bertz CT molecular complexity index is 535. The zero-order chi connectivity index (χ0) is 15.5. The summed E-state index contributed by atoms with van der Waals surface area (Å²) in [6.07, 6.45) is 3.32. The summed E-state index contributed by atoms with van der Waals surface area (Å²) in [4.78, 5) is 23.6. The van der Waals surface area contributed by atoms with Crippen LogP contribution in [0.3, 0.4) is 0 Å². The SMILES string of the molecule is CCC(CC(=O)O)NC(=O)C1(c2cccc(C)c2)CCC1. The summed E-state index contributed by atoms with van der Waals surface area (Å²) in [5.41, 5.74) is 1.73. The average Bonchev–Trinajstić information content (AvgIpc) is 2.36. The highest BCUT2D eigenvalue weighted by Gasteiger charge is 2.46. The fraction of sp³-hybridized carbons (Fsp3) is 0.529. The lowest BCUT2D eigenvalue weighted by molar-refractivity contribution is -0.138. The number of aliphatic carboxylic acids is 1. The number of amides is 1. The molecule has 1 atom stereocenters. The lowest BCUT2D eigenvalue weighted by atomic mass is 9.63. The third-order valence-corrected chi connectivity index (χ3v) is 4.46. The van der Waals surface area contributed by atoms with E-state index in [9.17, 15) is 9.59 Å². The summed E-state index contributed by atoms with van der Waals surface area (Å²) in [6.45, 7) is 3.92. The number of carboxylic acids is 1. The molecule has 0 radical (unpaired) electrons. The first-order chi connectivity index (χ1) is 9.98. The molecule has 4 nitrogen and oxygen atoms in total. The quantitative estimate of drug-likeness (QED) is 0.846. The van der Waals surface area contributed by atoms with Gasteiger partial charge < -0.3 is 10.4 Å². The molecule has 2 rings (SSSR count). The van der Waals surface area contributed by atoms with Crippen LogP contribution in [0.5, 0.6) is 0 Å². The molecule has 0 heterocycles. The first-order valence-electron chi connectivity index (χ1n) is 7.58. The van der Waals surface area contributed by atoms with Gasteiger partial charge in [0.15, 0.2) is 0 Å². The van der Waals surface area contributed by atoms with Gasteiger partial charge in [-0.2, -0.15) is 0 Å². The maximum absolute atomic E-state index is 12.7. The van der Waals surface area contributed by atoms with Crippen molar-refractivity contribution in [1.82, 2.24) is 5.32 Å². The molecule has 2 N–H and O–H groups in total. The van der Waals surface area contributed by atoms with Gasteiger partial charge in [0.25, 0.3) is 0 Å². The van der Waals surface area contributed by atoms with Crippen molar-refractivity contribution in [1.29, 1.82) is 0 Å². The fourth-order valence-corrected chi connectivity index (χ4v) is 2.95. The number of aryl methyl sites for hydroxylation is 1. The minimum atomic E-state index is -0.875. The Morgan fingerprint density at radius 1 is 1.38 bits per heavy atom. The second-order valence-electron chi connectivity index (χ2n) is 5.98. The van der Waals surface area contributed by atoms with Crippen LogP contribution in [0.25, 0.3) is 0 Å². The van der Waals surface area contributed by atoms with Gasteiger partial charge in [0.1, 0.15) is 0 Å². The topological polar surface area (TPSA) is 66.4 Å². The van der Waals surface area contributed by atoms with Crippen molar-refractivity contribution >= 4 is 11.9 Å². The highest BCUT2D eigenvalue weighted by molar-refractivity contribution is 5.89. The number of carbonyl (C=O) groups is 2. The number of hydrogen-bond donors (Lipinski definition) is 2. The minimum absolute atomic E-state index is 0.0209. The summed E-state index contributed by atoms with van der Waals surface area (Å²) in [6, 6.07) is 7.78. The standard InChI is InChI=1S/C17H23NO3/c1-3-14(11-15(19)20)18-16(21)17(8-5-9-17)13-7-4-6-12(2)10-13/h4,6-7,10,14H,3,5,8-9,11H2,1-2H3,(H,18,21)(H,19,20). The van der Waals surface area contributed by atoms with Crippen LogP contribution >= 0.6 is 0 Å². The Labute approximate surface area is 125 Å². The number of carbonyl (C=O) groups excluding carboxylic acids is 1. The first kappa shape index (κ1) is 15.5. The second kappa shape index (κ2) is 6.29. The smallest absolute Gasteiger partial charge is 0.305 e. The van der Waals surface area contributed by atoms with Crippen molar-refractivity contribution in [2.45, 2.75) is 57.4 Å². The van der Waals surface area contributed by atoms with E-state index in [0.29, 0.717) is 6.42 Å². The van der Waals surface area contributed by atoms with Crippen LogP contribution in [0.15, 0.2) is 24.3 Å². The van der Waals surface area contributed by atoms with Gasteiger partial charge in [0.2, 0.25) is 5.91 Å². The van der Waals surface area contributed by atoms with E-state index in [-0.39, 0.29) is 18.4 Å². The molecule has 21 heavy (non-hydrogen) atoms. The van der Waals surface area contributed by atoms with Crippen LogP contribution in [0.4, 0.5) is 0 Å². The molecular formula is C17H23NO3. The molecule has 0 spiro atoms. The molecule has 114 valence electrons. The van der Waals surface area contributed by atoms with E-state index in [1.165, 1.54) is 0 Å². The summed E-state index contributed by atoms with van der Waals surface area (Å²) < 4.78 is 0. The van der Waals surface area contributed by atoms with Crippen LogP contribution in [-0.4, -0.2) is 23.0 Å². The second-order valence-corrected chi connectivity index (χ2v) is 5.98. The molecule has 1 aromatic carbocycles. The highest BCUT2D eigenvalue weighted by Crippen LogP contribution is 2.44. The van der Waals surface area contributed by atoms with Crippen LogP contribution < -0.4 is 5.32 Å². The number of carboxylic acid groups (broad SMARTS) is 1. The van der Waals surface area contributed by atoms with Crippen LogP contribution in [0.2, 0.25) is 0 Å². The van der Waals surface area contributed by atoms with Gasteiger partial charge >= 0.3 is 5.97 Å². The largest absolute Gasteiger partial charge is 0.481 e. The maximum atomic E-state index is 12.7. The molecule has 4 heteroatoms. The Morgan fingerprint density at radius 2 is 2.10 bits per heavy atom. The van der Waals surface area contributed by atoms with E-state index in [2.05, 4.69) is 11.4 Å². The van der Waals surface area contributed by atoms with Gasteiger partial charge in [-0.15, -0.1) is 0 Å². The first-order valence-corrected chi connectivity index (χ1v) is 7.58. The normalized spacial score (nSPS) is 17.6. The van der Waals surface area contributed by atoms with E-state index in [0.717, 1.165) is 30.4 Å². The molecule has 0 aromatic heterocycles. The molecule has 1 fully saturated rings. The third kappa shape index (κ3) is 3.26. The van der Waals surface area contributed by atoms with Crippen molar-refractivity contribution < 1.29 is 14.7 Å². The molecule has 0 bridgehead atoms. The van der Waals surface area contributed by atoms with Gasteiger partial charge in [0, 0.05) is 6.04 Å². The summed E-state index contributed by atoms with van der Waals surface area (Å²) in [5.74, 6) is -0.896. The number of rotatable bonds is 6. The van der Waals surface area contributed by atoms with E-state index < -0.39 is 11.4 Å². The van der Waals surface area contributed by atoms with Gasteiger partial charge in [-0.3, -0.25) is 9.59 Å². The summed E-state index contributed by atoms with van der Waals surface area (Å²) >= 11 is 0. The molecule has 0 aliphatic heterocycles. The number of nitrogens with one attached hydrogen (secondary N) is 1. The number of benzene rings is 1. The van der Waals surface area contributed by atoms with Gasteiger partial charge in [-0.1, -0.05) is 43.2 Å². The van der Waals surface area contributed by atoms with Crippen LogP contribution in [0.1, 0.15) is 50.2 Å². The molecule has 1 amide bonds. The zero-order valence-electron chi connectivity index (χ0n) is 12.7. The van der Waals surface area contributed by atoms with E-state index in [1.54, 1.807) is 0 Å². The Morgan fingerprint density at radius 3 is 2.57 bits per heavy atom. The molecule has 1 saturated carbocycles. The van der Waals surface area contributed by atoms with E-state index in [4.69, 9.17) is 5.11 Å². The van der Waals surface area contributed by atoms with Crippen LogP contribution in [-0.2, 0) is 15.0 Å². The van der Waals surface area contributed by atoms with Crippen molar-refractivity contribution in [3.05, 3.63) is 35.4 Å². The van der Waals surface area contributed by atoms with Crippen molar-refractivity contribution in [2.75, 3.05) is 0 Å². The van der Waals surface area contributed by atoms with E-state index in [1.807, 2.05) is 32.0 Å². The van der Waals surface area contributed by atoms with Gasteiger partial charge in [0.05, 0.1) is 11.8 Å². The lowest BCUT2D eigenvalue weighted by Gasteiger charge is -2.41. The fourth-order valence-electron chi connectivity index (χ4n) is 2.95. The van der Waals surface area contributed by atoms with Gasteiger partial charge in [-0.25, -0.2) is 0 Å². The highest BCUT2D eigenvalue weighted by atomic mass is 16.4. The van der Waals surface area contributed by atoms with E-state index >= 15 is 0 Å². The molecular weight excluding hydrogens is 266 g/mol. The number of hydrogen-bond acceptors (Lipinski definition) is 2. The van der Waals surface area contributed by atoms with Crippen LogP contribution in [0, 0.1) is 6.92 Å². The molecule has 1 unspecified atom stereocenters. The molecule has 1 aliphatic carbocycles. The summed E-state index contributed by atoms with van der Waals surface area (Å²) in [7, 11) is 0. The summed E-state index contributed by atoms with van der Waals surface area (Å²) in [5, 5.41) is 11.8. The van der Waals surface area contributed by atoms with Crippen molar-refractivity contribution in [3.63, 3.8) is 0 Å². The van der Waals surface area contributed by atoms with Crippen molar-refractivity contribution in [2.24, 2.45) is 0 Å². The Balaban J connectivity index is 2.16. The molecule has 1 aromatic rings. The van der Waals surface area contributed by atoms with Crippen molar-refractivity contribution in [3.8, 4) is 0 Å². The zero-order valence-corrected chi connectivity index (χ0v) is 12.7. The monoisotopic (exact) mass is 289 g/mol.